The number of piperazine rings is 2. The number of nitrogens with zero attached hydrogens (tertiary/aromatic N) is 6. The predicted molar refractivity (Wildman–Crippen MR) is 180 cm³/mol. The van der Waals surface area contributed by atoms with E-state index in [1.807, 2.05) is 26.1 Å². The number of rotatable bonds is 7. The summed E-state index contributed by atoms with van der Waals surface area (Å²) in [5.74, 6) is 0.350. The van der Waals surface area contributed by atoms with Gasteiger partial charge in [-0.3, -0.25) is 34.2 Å². The van der Waals surface area contributed by atoms with Gasteiger partial charge in [0.25, 0.3) is 11.8 Å². The highest BCUT2D eigenvalue weighted by molar-refractivity contribution is 7.99. The van der Waals surface area contributed by atoms with Crippen molar-refractivity contribution in [1.82, 2.24) is 25.0 Å². The number of thioether (sulfide) groups is 1. The predicted octanol–water partition coefficient (Wildman–Crippen LogP) is 0.720. The lowest BCUT2D eigenvalue weighted by Crippen LogP contribution is -2.54. The number of aromatic nitrogens is 1. The van der Waals surface area contributed by atoms with Crippen LogP contribution < -0.4 is 20.9 Å². The Labute approximate surface area is 278 Å². The number of nitrogens with two attached hydrogens (primary N) is 1. The van der Waals surface area contributed by atoms with Crippen molar-refractivity contribution in [1.29, 1.82) is 0 Å². The summed E-state index contributed by atoms with van der Waals surface area (Å²) < 4.78 is 0. The van der Waals surface area contributed by atoms with Crippen LogP contribution in [0.15, 0.2) is 36.5 Å². The largest absolute Gasteiger partial charge is 0.384 e. The fourth-order valence-electron chi connectivity index (χ4n) is 5.64. The Morgan fingerprint density at radius 2 is 1.64 bits per heavy atom. The zero-order valence-electron chi connectivity index (χ0n) is 26.8. The number of hydrogen-bond donors (Lipinski definition) is 2. The molecule has 0 aliphatic carbocycles. The van der Waals surface area contributed by atoms with Crippen LogP contribution in [-0.4, -0.2) is 133 Å². The Morgan fingerprint density at radius 3 is 2.21 bits per heavy atom. The average Bonchev–Trinajstić information content (AvgIpc) is 3.34. The first kappa shape index (κ1) is 35.4. The number of fused-ring (bicyclic) bond motifs is 1. The van der Waals surface area contributed by atoms with Crippen molar-refractivity contribution in [3.8, 4) is 0 Å². The van der Waals surface area contributed by atoms with Crippen LogP contribution >= 0.6 is 11.8 Å². The Balaban J connectivity index is 0.000000200. The smallest absolute Gasteiger partial charge is 0.264 e. The van der Waals surface area contributed by atoms with Crippen molar-refractivity contribution in [2.24, 2.45) is 0 Å². The molecule has 2 aromatic rings. The molecular weight excluding hydrogens is 624 g/mol. The summed E-state index contributed by atoms with van der Waals surface area (Å²) >= 11 is 1.64. The summed E-state index contributed by atoms with van der Waals surface area (Å²) in [4.78, 5) is 82.9. The number of likely N-dealkylation sites (N-methyl/N-ethyl adjacent to an activating group) is 1. The monoisotopic (exact) mass is 666 g/mol. The maximum Gasteiger partial charge on any atom is 0.264 e. The van der Waals surface area contributed by atoms with Gasteiger partial charge in [-0.2, -0.15) is 11.8 Å². The molecule has 47 heavy (non-hydrogen) atoms. The fraction of sp³-hybridized carbons (Fsp3) is 0.469. The maximum atomic E-state index is 13.1. The van der Waals surface area contributed by atoms with E-state index < -0.39 is 23.8 Å². The van der Waals surface area contributed by atoms with Gasteiger partial charge < -0.3 is 30.1 Å². The third kappa shape index (κ3) is 8.86. The molecule has 1 unspecified atom stereocenters. The van der Waals surface area contributed by atoms with E-state index in [0.717, 1.165) is 87.1 Å². The van der Waals surface area contributed by atoms with E-state index in [0.29, 0.717) is 22.7 Å². The molecule has 4 aliphatic rings. The van der Waals surface area contributed by atoms with Crippen molar-refractivity contribution >= 4 is 65.3 Å². The summed E-state index contributed by atoms with van der Waals surface area (Å²) in [6.07, 6.45) is 3.88. The molecule has 5 amide bonds. The van der Waals surface area contributed by atoms with Crippen LogP contribution in [-0.2, 0) is 19.2 Å². The number of carbonyl (C=O) groups is 6. The van der Waals surface area contributed by atoms with Crippen molar-refractivity contribution in [2.75, 3.05) is 86.4 Å². The highest BCUT2D eigenvalue weighted by Crippen LogP contribution is 2.34. The molecule has 4 aliphatic heterocycles. The Kier molecular flexibility index (Phi) is 12.7. The topological polar surface area (TPSA) is 170 Å². The highest BCUT2D eigenvalue weighted by Gasteiger charge is 2.46. The van der Waals surface area contributed by atoms with Gasteiger partial charge in [0.2, 0.25) is 18.2 Å². The number of carbonyl (C=O) groups excluding carboxylic acids is 6. The van der Waals surface area contributed by atoms with Gasteiger partial charge >= 0.3 is 0 Å². The van der Waals surface area contributed by atoms with Crippen molar-refractivity contribution in [3.05, 3.63) is 47.7 Å². The third-order valence-corrected chi connectivity index (χ3v) is 9.06. The number of aldehydes is 1. The zero-order chi connectivity index (χ0) is 33.9. The number of piperidine rings is 1. The molecule has 0 saturated carbocycles. The lowest BCUT2D eigenvalue weighted by Gasteiger charge is -2.35. The first-order valence-electron chi connectivity index (χ1n) is 15.6. The minimum atomic E-state index is -0.930. The number of pyridine rings is 1. The number of benzene rings is 1. The quantitative estimate of drug-likeness (QED) is 0.242. The number of hydrogen-bond acceptors (Lipinski definition) is 12. The minimum Gasteiger partial charge on any atom is -0.384 e. The van der Waals surface area contributed by atoms with Gasteiger partial charge in [0.05, 0.1) is 28.7 Å². The van der Waals surface area contributed by atoms with Crippen LogP contribution in [0.4, 0.5) is 17.2 Å². The molecule has 6 rings (SSSR count). The molecule has 5 heterocycles. The fourth-order valence-corrected chi connectivity index (χ4v) is 5.98. The van der Waals surface area contributed by atoms with Crippen molar-refractivity contribution < 1.29 is 28.8 Å². The van der Waals surface area contributed by atoms with Crippen LogP contribution in [0, 0.1) is 0 Å². The first-order valence-corrected chi connectivity index (χ1v) is 16.8. The molecule has 0 radical (unpaired) electrons. The normalized spacial score (nSPS) is 19.7. The maximum absolute atomic E-state index is 13.1. The Hall–Kier alpha value is -4.50. The van der Waals surface area contributed by atoms with Crippen molar-refractivity contribution in [2.45, 2.75) is 25.8 Å². The molecule has 3 saturated heterocycles. The van der Waals surface area contributed by atoms with Crippen LogP contribution in [0.5, 0.6) is 0 Å². The van der Waals surface area contributed by atoms with E-state index in [1.54, 1.807) is 41.1 Å². The van der Waals surface area contributed by atoms with E-state index in [2.05, 4.69) is 25.0 Å². The van der Waals surface area contributed by atoms with Crippen LogP contribution in [0.1, 0.15) is 40.5 Å². The Bertz CT molecular complexity index is 1440. The van der Waals surface area contributed by atoms with Crippen LogP contribution in [0.3, 0.4) is 0 Å². The second-order valence-corrected chi connectivity index (χ2v) is 12.7. The summed E-state index contributed by atoms with van der Waals surface area (Å²) in [5.41, 5.74) is 8.02. The van der Waals surface area contributed by atoms with E-state index in [-0.39, 0.29) is 18.7 Å². The van der Waals surface area contributed by atoms with Gasteiger partial charge in [-0.15, -0.1) is 0 Å². The number of imide groups is 2. The number of nitrogens with one attached hydrogen (secondary N) is 1. The molecule has 0 bridgehead atoms. The van der Waals surface area contributed by atoms with E-state index in [1.165, 1.54) is 0 Å². The standard InChI is InChI=1S/C18H20N4O4.C10H14N4O.C4H8OS/c1-20-7-9-21(10-8-20)12-4-2-3-11-15(12)18(26)22(17(11)25)13-5-6-14(23)19-16(13)24;11-10-2-1-9(7-12-10)14-5-3-13(8-15)4-6-14;1-2-6-4-3-5/h2-4,13H,5-10H2,1H3,(H,19,23,24);1-2,7-8H,3-6H2,(H2,11,12);3H,2,4H2,1H3. The lowest BCUT2D eigenvalue weighted by atomic mass is 10.0. The minimum absolute atomic E-state index is 0.120. The molecule has 14 nitrogen and oxygen atoms in total. The third-order valence-electron chi connectivity index (χ3n) is 8.28. The van der Waals surface area contributed by atoms with Gasteiger partial charge in [0, 0.05) is 64.5 Å². The molecular formula is C32H42N8O6S. The highest BCUT2D eigenvalue weighted by atomic mass is 32.2. The molecule has 1 aromatic heterocycles. The van der Waals surface area contributed by atoms with Gasteiger partial charge in [0.15, 0.2) is 0 Å². The summed E-state index contributed by atoms with van der Waals surface area (Å²) in [6, 6.07) is 8.07. The van der Waals surface area contributed by atoms with Gasteiger partial charge in [-0.25, -0.2) is 4.98 Å². The summed E-state index contributed by atoms with van der Waals surface area (Å²) in [7, 11) is 2.05. The first-order chi connectivity index (χ1) is 22.7. The number of nitrogen functional groups attached to an aromatic ring is 1. The summed E-state index contributed by atoms with van der Waals surface area (Å²) in [5, 5.41) is 2.22. The van der Waals surface area contributed by atoms with Crippen LogP contribution in [0.25, 0.3) is 0 Å². The van der Waals surface area contributed by atoms with Gasteiger partial charge in [-0.1, -0.05) is 13.0 Å². The SMILES string of the molecule is CCSCC=O.CN1CCN(c2cccc3c2C(=O)N(C2CCC(=O)NC2=O)C3=O)CC1.Nc1ccc(N2CCN(C=O)CC2)cn1. The zero-order valence-corrected chi connectivity index (χ0v) is 27.6. The van der Waals surface area contributed by atoms with E-state index in [4.69, 9.17) is 5.73 Å². The molecule has 1 aromatic carbocycles. The molecule has 3 N–H and O–H groups in total. The van der Waals surface area contributed by atoms with E-state index in [9.17, 15) is 28.8 Å². The number of anilines is 3. The summed E-state index contributed by atoms with van der Waals surface area (Å²) in [6.45, 7) is 8.58. The van der Waals surface area contributed by atoms with Gasteiger partial charge in [-0.05, 0) is 43.5 Å². The molecule has 252 valence electrons. The van der Waals surface area contributed by atoms with Crippen LogP contribution in [0.2, 0.25) is 0 Å². The van der Waals surface area contributed by atoms with Gasteiger partial charge in [0.1, 0.15) is 18.1 Å². The van der Waals surface area contributed by atoms with E-state index >= 15 is 0 Å². The molecule has 0 spiro atoms. The molecule has 1 atom stereocenters. The second-order valence-electron chi connectivity index (χ2n) is 11.3. The van der Waals surface area contributed by atoms with Crippen molar-refractivity contribution in [3.63, 3.8) is 0 Å². The molecule has 3 fully saturated rings. The molecule has 15 heteroatoms. The second kappa shape index (κ2) is 16.9. The number of amides is 5. The Morgan fingerprint density at radius 1 is 0.936 bits per heavy atom. The lowest BCUT2D eigenvalue weighted by molar-refractivity contribution is -0.136. The average molecular weight is 667 g/mol.